The van der Waals surface area contributed by atoms with Crippen molar-refractivity contribution in [1.29, 1.82) is 0 Å². The second-order valence-corrected chi connectivity index (χ2v) is 6.85. The Morgan fingerprint density at radius 3 is 2.96 bits per heavy atom. The van der Waals surface area contributed by atoms with Crippen LogP contribution in [0, 0.1) is 5.82 Å². The Bertz CT molecular complexity index is 1240. The number of aryl methyl sites for hydroxylation is 1. The fourth-order valence-corrected chi connectivity index (χ4v) is 3.82. The number of imidazole rings is 1. The number of aromatic nitrogens is 6. The van der Waals surface area contributed by atoms with E-state index in [1.54, 1.807) is 28.5 Å². The third kappa shape index (κ3) is 2.31. The summed E-state index contributed by atoms with van der Waals surface area (Å²) in [5.41, 5.74) is 1.70. The van der Waals surface area contributed by atoms with Crippen molar-refractivity contribution in [3.63, 3.8) is 0 Å². The SMILES string of the molecule is CC1OCCC1c1cn(-c2ncn3c4ccc(F)cc4c(=O)n(C)c23)nn1. The molecule has 0 spiro atoms. The van der Waals surface area contributed by atoms with E-state index in [0.717, 1.165) is 12.1 Å². The molecule has 138 valence electrons. The van der Waals surface area contributed by atoms with E-state index in [2.05, 4.69) is 15.3 Å². The molecule has 1 fully saturated rings. The highest BCUT2D eigenvalue weighted by molar-refractivity contribution is 5.82. The highest BCUT2D eigenvalue weighted by atomic mass is 19.1. The van der Waals surface area contributed by atoms with Gasteiger partial charge in [0.15, 0.2) is 11.5 Å². The average Bonchev–Trinajstić information content (AvgIpc) is 3.37. The first-order chi connectivity index (χ1) is 13.0. The maximum Gasteiger partial charge on any atom is 0.261 e. The number of hydrogen-bond donors (Lipinski definition) is 0. The third-order valence-electron chi connectivity index (χ3n) is 5.28. The zero-order valence-electron chi connectivity index (χ0n) is 14.8. The van der Waals surface area contributed by atoms with Crippen LogP contribution >= 0.6 is 0 Å². The Morgan fingerprint density at radius 2 is 2.19 bits per heavy atom. The first kappa shape index (κ1) is 16.1. The second-order valence-electron chi connectivity index (χ2n) is 6.85. The van der Waals surface area contributed by atoms with Crippen LogP contribution in [0.5, 0.6) is 0 Å². The Hall–Kier alpha value is -3.07. The molecule has 0 radical (unpaired) electrons. The van der Waals surface area contributed by atoms with Crippen LogP contribution in [0.1, 0.15) is 25.0 Å². The minimum atomic E-state index is -0.451. The third-order valence-corrected chi connectivity index (χ3v) is 5.28. The van der Waals surface area contributed by atoms with Crippen molar-refractivity contribution in [2.45, 2.75) is 25.4 Å². The van der Waals surface area contributed by atoms with Gasteiger partial charge in [-0.25, -0.2) is 9.37 Å². The maximum absolute atomic E-state index is 13.6. The number of fused-ring (bicyclic) bond motifs is 3. The molecule has 9 heteroatoms. The number of hydrogen-bond acceptors (Lipinski definition) is 5. The lowest BCUT2D eigenvalue weighted by molar-refractivity contribution is 0.118. The standard InChI is InChI=1S/C18H17FN6O2/c1-10-12(5-6-27-10)14-8-25(22-21-14)16-17-23(2)18(26)13-7-11(19)3-4-15(13)24(17)9-20-16/h3-4,7-10,12H,5-6H2,1-2H3. The van der Waals surface area contributed by atoms with E-state index < -0.39 is 5.82 Å². The molecule has 1 aromatic carbocycles. The molecule has 3 aromatic heterocycles. The quantitative estimate of drug-likeness (QED) is 0.539. The molecule has 5 rings (SSSR count). The first-order valence-electron chi connectivity index (χ1n) is 8.74. The van der Waals surface area contributed by atoms with Crippen LogP contribution < -0.4 is 5.56 Å². The molecule has 0 saturated carbocycles. The molecule has 0 aliphatic carbocycles. The summed E-state index contributed by atoms with van der Waals surface area (Å²) >= 11 is 0. The Balaban J connectivity index is 1.71. The van der Waals surface area contributed by atoms with Crippen molar-refractivity contribution in [3.8, 4) is 5.82 Å². The van der Waals surface area contributed by atoms with Gasteiger partial charge in [-0.15, -0.1) is 5.10 Å². The van der Waals surface area contributed by atoms with Gasteiger partial charge in [0.25, 0.3) is 5.56 Å². The normalized spacial score (nSPS) is 20.1. The van der Waals surface area contributed by atoms with E-state index in [1.807, 2.05) is 13.1 Å². The van der Waals surface area contributed by atoms with E-state index in [0.29, 0.717) is 29.0 Å². The Labute approximate surface area is 152 Å². The van der Waals surface area contributed by atoms with Gasteiger partial charge >= 0.3 is 0 Å². The molecule has 4 heterocycles. The number of rotatable bonds is 2. The van der Waals surface area contributed by atoms with E-state index in [4.69, 9.17) is 4.74 Å². The van der Waals surface area contributed by atoms with Crippen LogP contribution in [0.2, 0.25) is 0 Å². The summed E-state index contributed by atoms with van der Waals surface area (Å²) in [7, 11) is 1.64. The Kier molecular flexibility index (Phi) is 3.41. The minimum Gasteiger partial charge on any atom is -0.378 e. The van der Waals surface area contributed by atoms with Crippen LogP contribution in [0.25, 0.3) is 22.4 Å². The number of ether oxygens (including phenoxy) is 1. The largest absolute Gasteiger partial charge is 0.378 e. The molecule has 27 heavy (non-hydrogen) atoms. The second kappa shape index (κ2) is 5.71. The fourth-order valence-electron chi connectivity index (χ4n) is 3.82. The molecule has 2 atom stereocenters. The molecule has 1 saturated heterocycles. The molecule has 0 N–H and O–H groups in total. The van der Waals surface area contributed by atoms with Gasteiger partial charge in [-0.1, -0.05) is 5.21 Å². The zero-order valence-corrected chi connectivity index (χ0v) is 14.8. The minimum absolute atomic E-state index is 0.0945. The van der Waals surface area contributed by atoms with E-state index in [1.165, 1.54) is 16.7 Å². The molecule has 0 amide bonds. The predicted octanol–water partition coefficient (Wildman–Crippen LogP) is 1.80. The van der Waals surface area contributed by atoms with Gasteiger partial charge in [0.1, 0.15) is 12.1 Å². The topological polar surface area (TPSA) is 79.2 Å². The lowest BCUT2D eigenvalue weighted by Gasteiger charge is -2.09. The van der Waals surface area contributed by atoms with Crippen molar-refractivity contribution < 1.29 is 9.13 Å². The highest BCUT2D eigenvalue weighted by Gasteiger charge is 2.29. The van der Waals surface area contributed by atoms with Gasteiger partial charge in [-0.05, 0) is 31.5 Å². The summed E-state index contributed by atoms with van der Waals surface area (Å²) in [4.78, 5) is 17.2. The molecule has 4 aromatic rings. The summed E-state index contributed by atoms with van der Waals surface area (Å²) in [5.74, 6) is 0.236. The average molecular weight is 368 g/mol. The molecular formula is C18H17FN6O2. The molecule has 0 bridgehead atoms. The summed E-state index contributed by atoms with van der Waals surface area (Å²) in [6.45, 7) is 2.74. The van der Waals surface area contributed by atoms with E-state index in [-0.39, 0.29) is 17.6 Å². The van der Waals surface area contributed by atoms with Crippen LogP contribution in [-0.4, -0.2) is 41.7 Å². The van der Waals surface area contributed by atoms with Crippen LogP contribution in [0.4, 0.5) is 4.39 Å². The van der Waals surface area contributed by atoms with Gasteiger partial charge in [0.05, 0.1) is 28.9 Å². The highest BCUT2D eigenvalue weighted by Crippen LogP contribution is 2.30. The van der Waals surface area contributed by atoms with Crippen LogP contribution in [0.3, 0.4) is 0 Å². The summed E-state index contributed by atoms with van der Waals surface area (Å²) in [6.07, 6.45) is 4.43. The van der Waals surface area contributed by atoms with Crippen molar-refractivity contribution in [2.24, 2.45) is 7.05 Å². The summed E-state index contributed by atoms with van der Waals surface area (Å²) in [6, 6.07) is 4.15. The van der Waals surface area contributed by atoms with Gasteiger partial charge in [-0.2, -0.15) is 4.68 Å². The first-order valence-corrected chi connectivity index (χ1v) is 8.74. The predicted molar refractivity (Wildman–Crippen MR) is 95.6 cm³/mol. The van der Waals surface area contributed by atoms with Gasteiger partial charge < -0.3 is 4.74 Å². The smallest absolute Gasteiger partial charge is 0.261 e. The van der Waals surface area contributed by atoms with Crippen molar-refractivity contribution >= 4 is 16.6 Å². The maximum atomic E-state index is 13.6. The van der Waals surface area contributed by atoms with Crippen LogP contribution in [0.15, 0.2) is 35.5 Å². The summed E-state index contributed by atoms with van der Waals surface area (Å²) in [5, 5.41) is 8.79. The molecule has 1 aliphatic heterocycles. The molecule has 8 nitrogen and oxygen atoms in total. The van der Waals surface area contributed by atoms with Gasteiger partial charge in [0.2, 0.25) is 0 Å². The molecule has 1 aliphatic rings. The van der Waals surface area contributed by atoms with Crippen molar-refractivity contribution in [2.75, 3.05) is 6.61 Å². The molecular weight excluding hydrogens is 351 g/mol. The lowest BCUT2D eigenvalue weighted by Crippen LogP contribution is -2.20. The fraction of sp³-hybridized carbons (Fsp3) is 0.333. The molecule has 2 unspecified atom stereocenters. The van der Waals surface area contributed by atoms with Crippen molar-refractivity contribution in [3.05, 3.63) is 52.6 Å². The number of benzene rings is 1. The van der Waals surface area contributed by atoms with E-state index in [9.17, 15) is 9.18 Å². The Morgan fingerprint density at radius 1 is 1.33 bits per heavy atom. The van der Waals surface area contributed by atoms with Crippen LogP contribution in [-0.2, 0) is 11.8 Å². The summed E-state index contributed by atoms with van der Waals surface area (Å²) < 4.78 is 24.0. The number of nitrogens with zero attached hydrogens (tertiary/aromatic N) is 6. The monoisotopic (exact) mass is 368 g/mol. The van der Waals surface area contributed by atoms with Gasteiger partial charge in [-0.3, -0.25) is 13.8 Å². The van der Waals surface area contributed by atoms with Gasteiger partial charge in [0, 0.05) is 19.6 Å². The zero-order chi connectivity index (χ0) is 18.7. The van der Waals surface area contributed by atoms with E-state index >= 15 is 0 Å². The number of halogens is 1. The van der Waals surface area contributed by atoms with Crippen molar-refractivity contribution in [1.82, 2.24) is 28.9 Å². The lowest BCUT2D eigenvalue weighted by atomic mass is 10.00.